The number of nitrogens with zero attached hydrogens (tertiary/aromatic N) is 2. The lowest BCUT2D eigenvalue weighted by molar-refractivity contribution is -0.156. The van der Waals surface area contributed by atoms with E-state index in [2.05, 4.69) is 9.98 Å². The molecule has 0 radical (unpaired) electrons. The molecule has 0 saturated heterocycles. The van der Waals surface area contributed by atoms with E-state index >= 15 is 0 Å². The number of ether oxygens (including phenoxy) is 2. The Morgan fingerprint density at radius 2 is 1.37 bits per heavy atom. The van der Waals surface area contributed by atoms with E-state index < -0.39 is 5.79 Å². The number of para-hydroxylation sites is 2. The summed E-state index contributed by atoms with van der Waals surface area (Å²) in [6, 6.07) is 14.0. The molecular formula is C21H26N2O4. The standard InChI is InChI=1S/C21H26N2O4/c1-22-17(15-9-5-7-11-18(15)24)13-14-21(26-3,27-4)20(23-2)16-10-6-8-12-19(16)25/h5-12,24-25H,13-14H2,1-4H3. The van der Waals surface area contributed by atoms with Crippen LogP contribution in [0.3, 0.4) is 0 Å². The Balaban J connectivity index is 2.36. The predicted octanol–water partition coefficient (Wildman–Crippen LogP) is 3.41. The lowest BCUT2D eigenvalue weighted by atomic mass is 9.94. The summed E-state index contributed by atoms with van der Waals surface area (Å²) in [5.41, 5.74) is 2.41. The molecular weight excluding hydrogens is 344 g/mol. The summed E-state index contributed by atoms with van der Waals surface area (Å²) in [5.74, 6) is -0.904. The summed E-state index contributed by atoms with van der Waals surface area (Å²) in [6.45, 7) is 0. The van der Waals surface area contributed by atoms with E-state index in [4.69, 9.17) is 9.47 Å². The predicted molar refractivity (Wildman–Crippen MR) is 107 cm³/mol. The molecule has 144 valence electrons. The molecule has 0 unspecified atom stereocenters. The minimum atomic E-state index is -1.17. The van der Waals surface area contributed by atoms with Gasteiger partial charge in [-0.1, -0.05) is 24.3 Å². The van der Waals surface area contributed by atoms with E-state index in [0.29, 0.717) is 29.7 Å². The lowest BCUT2D eigenvalue weighted by Crippen LogP contribution is -2.44. The molecule has 0 aromatic heterocycles. The van der Waals surface area contributed by atoms with Crippen molar-refractivity contribution in [3.8, 4) is 11.5 Å². The van der Waals surface area contributed by atoms with Crippen LogP contribution in [0.15, 0.2) is 58.5 Å². The molecule has 0 aliphatic heterocycles. The van der Waals surface area contributed by atoms with Crippen LogP contribution in [0.4, 0.5) is 0 Å². The van der Waals surface area contributed by atoms with Crippen molar-refractivity contribution < 1.29 is 19.7 Å². The molecule has 0 bridgehead atoms. The van der Waals surface area contributed by atoms with Gasteiger partial charge in [0.2, 0.25) is 5.79 Å². The van der Waals surface area contributed by atoms with Crippen molar-refractivity contribution in [3.05, 3.63) is 59.7 Å². The fourth-order valence-corrected chi connectivity index (χ4v) is 3.14. The van der Waals surface area contributed by atoms with Crippen molar-refractivity contribution in [1.82, 2.24) is 0 Å². The maximum atomic E-state index is 10.3. The maximum absolute atomic E-state index is 10.3. The average molecular weight is 370 g/mol. The molecule has 0 saturated carbocycles. The first-order valence-corrected chi connectivity index (χ1v) is 8.63. The highest BCUT2D eigenvalue weighted by Gasteiger charge is 2.38. The number of aromatic hydroxyl groups is 2. The Bertz CT molecular complexity index is 826. The molecule has 2 aromatic rings. The third-order valence-corrected chi connectivity index (χ3v) is 4.58. The first-order valence-electron chi connectivity index (χ1n) is 8.63. The number of aliphatic imine (C=N–C) groups is 2. The first kappa shape index (κ1) is 20.6. The smallest absolute Gasteiger partial charge is 0.212 e. The van der Waals surface area contributed by atoms with Crippen LogP contribution in [-0.4, -0.2) is 55.7 Å². The molecule has 0 spiro atoms. The monoisotopic (exact) mass is 370 g/mol. The van der Waals surface area contributed by atoms with Crippen LogP contribution in [0.25, 0.3) is 0 Å². The van der Waals surface area contributed by atoms with Crippen LogP contribution in [-0.2, 0) is 9.47 Å². The van der Waals surface area contributed by atoms with Gasteiger partial charge < -0.3 is 19.7 Å². The molecule has 0 atom stereocenters. The molecule has 0 heterocycles. The summed E-state index contributed by atoms with van der Waals surface area (Å²) in [6.07, 6.45) is 0.865. The van der Waals surface area contributed by atoms with Gasteiger partial charge in [-0.3, -0.25) is 9.98 Å². The van der Waals surface area contributed by atoms with E-state index in [0.717, 1.165) is 5.71 Å². The Morgan fingerprint density at radius 3 is 1.81 bits per heavy atom. The second-order valence-corrected chi connectivity index (χ2v) is 5.94. The minimum Gasteiger partial charge on any atom is -0.507 e. The number of hydrogen-bond acceptors (Lipinski definition) is 6. The van der Waals surface area contributed by atoms with Crippen molar-refractivity contribution in [3.63, 3.8) is 0 Å². The molecule has 0 amide bonds. The first-order chi connectivity index (χ1) is 13.0. The highest BCUT2D eigenvalue weighted by Crippen LogP contribution is 2.30. The molecule has 0 aliphatic rings. The summed E-state index contributed by atoms with van der Waals surface area (Å²) in [4.78, 5) is 8.67. The zero-order valence-electron chi connectivity index (χ0n) is 16.1. The number of phenols is 2. The Morgan fingerprint density at radius 1 is 0.852 bits per heavy atom. The topological polar surface area (TPSA) is 83.6 Å². The Hall–Kier alpha value is -2.70. The second-order valence-electron chi connectivity index (χ2n) is 5.94. The number of methoxy groups -OCH3 is 2. The quantitative estimate of drug-likeness (QED) is 0.551. The van der Waals surface area contributed by atoms with Crippen molar-refractivity contribution in [2.75, 3.05) is 28.3 Å². The van der Waals surface area contributed by atoms with Crippen LogP contribution in [0.1, 0.15) is 24.0 Å². The van der Waals surface area contributed by atoms with Gasteiger partial charge in [0.05, 0.1) is 0 Å². The number of rotatable bonds is 8. The highest BCUT2D eigenvalue weighted by molar-refractivity contribution is 6.08. The maximum Gasteiger partial charge on any atom is 0.212 e. The summed E-state index contributed by atoms with van der Waals surface area (Å²) in [5, 5.41) is 20.4. The van der Waals surface area contributed by atoms with E-state index in [9.17, 15) is 10.2 Å². The zero-order chi connectivity index (χ0) is 19.9. The van der Waals surface area contributed by atoms with E-state index in [-0.39, 0.29) is 11.5 Å². The molecule has 2 rings (SSSR count). The van der Waals surface area contributed by atoms with Gasteiger partial charge in [-0.15, -0.1) is 0 Å². The lowest BCUT2D eigenvalue weighted by Gasteiger charge is -2.33. The number of hydrogen-bond donors (Lipinski definition) is 2. The zero-order valence-corrected chi connectivity index (χ0v) is 16.1. The largest absolute Gasteiger partial charge is 0.507 e. The van der Waals surface area contributed by atoms with Crippen molar-refractivity contribution in [2.45, 2.75) is 18.6 Å². The SMILES string of the molecule is CN=C(CCC(OC)(OC)C(=NC)c1ccccc1O)c1ccccc1O. The van der Waals surface area contributed by atoms with Gasteiger partial charge in [-0.2, -0.15) is 0 Å². The van der Waals surface area contributed by atoms with Crippen LogP contribution in [0.5, 0.6) is 11.5 Å². The van der Waals surface area contributed by atoms with Crippen LogP contribution in [0, 0.1) is 0 Å². The Labute approximate surface area is 159 Å². The molecule has 6 nitrogen and oxygen atoms in total. The molecule has 0 aliphatic carbocycles. The molecule has 27 heavy (non-hydrogen) atoms. The number of phenolic OH excluding ortho intramolecular Hbond substituents is 2. The fourth-order valence-electron chi connectivity index (χ4n) is 3.14. The number of benzene rings is 2. The average Bonchev–Trinajstić information content (AvgIpc) is 2.70. The fraction of sp³-hybridized carbons (Fsp3) is 0.333. The summed E-state index contributed by atoms with van der Waals surface area (Å²) in [7, 11) is 6.39. The van der Waals surface area contributed by atoms with Crippen LogP contribution < -0.4 is 0 Å². The summed E-state index contributed by atoms with van der Waals surface area (Å²) >= 11 is 0. The van der Waals surface area contributed by atoms with E-state index in [1.54, 1.807) is 44.4 Å². The minimum absolute atomic E-state index is 0.0988. The van der Waals surface area contributed by atoms with Gasteiger partial charge in [0, 0.05) is 51.6 Å². The summed E-state index contributed by atoms with van der Waals surface area (Å²) < 4.78 is 11.5. The molecule has 2 aromatic carbocycles. The van der Waals surface area contributed by atoms with Crippen molar-refractivity contribution in [2.24, 2.45) is 9.98 Å². The van der Waals surface area contributed by atoms with Gasteiger partial charge >= 0.3 is 0 Å². The third kappa shape index (κ3) is 4.35. The third-order valence-electron chi connectivity index (χ3n) is 4.58. The van der Waals surface area contributed by atoms with Crippen molar-refractivity contribution >= 4 is 11.4 Å². The van der Waals surface area contributed by atoms with Gasteiger partial charge in [0.25, 0.3) is 0 Å². The van der Waals surface area contributed by atoms with E-state index in [1.807, 2.05) is 18.2 Å². The Kier molecular flexibility index (Phi) is 7.10. The van der Waals surface area contributed by atoms with Gasteiger partial charge in [0.15, 0.2) is 0 Å². The molecule has 6 heteroatoms. The van der Waals surface area contributed by atoms with Crippen molar-refractivity contribution in [1.29, 1.82) is 0 Å². The highest BCUT2D eigenvalue weighted by atomic mass is 16.7. The van der Waals surface area contributed by atoms with Crippen LogP contribution >= 0.6 is 0 Å². The van der Waals surface area contributed by atoms with Gasteiger partial charge in [-0.05, 0) is 30.7 Å². The molecule has 2 N–H and O–H groups in total. The van der Waals surface area contributed by atoms with Crippen LogP contribution in [0.2, 0.25) is 0 Å². The molecule has 0 fully saturated rings. The van der Waals surface area contributed by atoms with Gasteiger partial charge in [-0.25, -0.2) is 0 Å². The van der Waals surface area contributed by atoms with Gasteiger partial charge in [0.1, 0.15) is 17.2 Å². The van der Waals surface area contributed by atoms with E-state index in [1.165, 1.54) is 14.2 Å². The second kappa shape index (κ2) is 9.30. The normalized spacial score (nSPS) is 13.0.